The predicted octanol–water partition coefficient (Wildman–Crippen LogP) is 2.54. The molecule has 0 atom stereocenters. The minimum atomic E-state index is -0.310. The van der Waals surface area contributed by atoms with Gasteiger partial charge in [-0.05, 0) is 37.4 Å². The van der Waals surface area contributed by atoms with E-state index in [4.69, 9.17) is 4.42 Å². The number of H-pyrrole nitrogens is 1. The number of nitrogens with one attached hydrogen (secondary N) is 1. The van der Waals surface area contributed by atoms with Crippen molar-refractivity contribution in [2.45, 2.75) is 0 Å². The Labute approximate surface area is 134 Å². The van der Waals surface area contributed by atoms with Crippen LogP contribution in [0.5, 0.6) is 0 Å². The van der Waals surface area contributed by atoms with E-state index in [9.17, 15) is 4.79 Å². The van der Waals surface area contributed by atoms with E-state index in [-0.39, 0.29) is 5.63 Å². The van der Waals surface area contributed by atoms with Crippen LogP contribution in [0.3, 0.4) is 0 Å². The quantitative estimate of drug-likeness (QED) is 0.739. The summed E-state index contributed by atoms with van der Waals surface area (Å²) in [5.74, 6) is 0. The monoisotopic (exact) mass is 309 g/mol. The molecule has 4 rings (SSSR count). The third-order valence-electron chi connectivity index (χ3n) is 4.48. The van der Waals surface area contributed by atoms with Gasteiger partial charge >= 0.3 is 5.63 Å². The summed E-state index contributed by atoms with van der Waals surface area (Å²) in [6.45, 7) is 4.08. The Kier molecular flexibility index (Phi) is 3.42. The summed E-state index contributed by atoms with van der Waals surface area (Å²) in [5, 5.41) is 0.937. The maximum absolute atomic E-state index is 12.3. The summed E-state index contributed by atoms with van der Waals surface area (Å²) in [7, 11) is 2.14. The number of fused-ring (bicyclic) bond motifs is 1. The van der Waals surface area contributed by atoms with Crippen molar-refractivity contribution in [2.24, 2.45) is 0 Å². The van der Waals surface area contributed by atoms with Crippen molar-refractivity contribution in [3.05, 3.63) is 53.0 Å². The predicted molar refractivity (Wildman–Crippen MR) is 92.0 cm³/mol. The van der Waals surface area contributed by atoms with Crippen molar-refractivity contribution in [3.8, 4) is 11.3 Å². The zero-order chi connectivity index (χ0) is 15.8. The summed E-state index contributed by atoms with van der Waals surface area (Å²) < 4.78 is 5.56. The second-order valence-corrected chi connectivity index (χ2v) is 6.04. The first-order valence-electron chi connectivity index (χ1n) is 7.86. The van der Waals surface area contributed by atoms with Crippen LogP contribution in [-0.4, -0.2) is 43.1 Å². The van der Waals surface area contributed by atoms with Crippen LogP contribution in [0, 0.1) is 0 Å². The maximum atomic E-state index is 12.3. The van der Waals surface area contributed by atoms with Crippen molar-refractivity contribution in [1.82, 2.24) is 9.88 Å². The molecule has 0 spiro atoms. The van der Waals surface area contributed by atoms with Gasteiger partial charge in [-0.1, -0.05) is 0 Å². The molecule has 2 aromatic heterocycles. The third kappa shape index (κ3) is 2.64. The molecule has 1 fully saturated rings. The summed E-state index contributed by atoms with van der Waals surface area (Å²) in [6.07, 6.45) is 1.80. The molecule has 3 heterocycles. The van der Waals surface area contributed by atoms with Crippen molar-refractivity contribution in [2.75, 3.05) is 38.1 Å². The second-order valence-electron chi connectivity index (χ2n) is 6.04. The van der Waals surface area contributed by atoms with Crippen molar-refractivity contribution in [3.63, 3.8) is 0 Å². The molecule has 0 aliphatic carbocycles. The van der Waals surface area contributed by atoms with Gasteiger partial charge in [0.25, 0.3) is 0 Å². The second kappa shape index (κ2) is 5.59. The van der Waals surface area contributed by atoms with E-state index in [0.717, 1.165) is 42.9 Å². The van der Waals surface area contributed by atoms with Gasteiger partial charge in [-0.3, -0.25) is 0 Å². The number of likely N-dealkylation sites (N-methyl/N-ethyl adjacent to an activating group) is 1. The van der Waals surface area contributed by atoms with Gasteiger partial charge in [0, 0.05) is 49.5 Å². The molecule has 0 saturated carbocycles. The number of hydrogen-bond acceptors (Lipinski definition) is 4. The molecular weight excluding hydrogens is 290 g/mol. The molecule has 118 valence electrons. The first-order valence-corrected chi connectivity index (χ1v) is 7.86. The van der Waals surface area contributed by atoms with Crippen LogP contribution in [-0.2, 0) is 0 Å². The number of piperazine rings is 1. The average Bonchev–Trinajstić information content (AvgIpc) is 3.08. The number of nitrogens with zero attached hydrogens (tertiary/aromatic N) is 2. The minimum absolute atomic E-state index is 0.310. The van der Waals surface area contributed by atoms with E-state index in [0.29, 0.717) is 11.1 Å². The highest BCUT2D eigenvalue weighted by atomic mass is 16.4. The molecule has 0 bridgehead atoms. The fourth-order valence-electron chi connectivity index (χ4n) is 3.05. The van der Waals surface area contributed by atoms with E-state index in [1.165, 1.54) is 0 Å². The highest BCUT2D eigenvalue weighted by molar-refractivity contribution is 5.84. The summed E-state index contributed by atoms with van der Waals surface area (Å²) >= 11 is 0. The Morgan fingerprint density at radius 1 is 1.09 bits per heavy atom. The molecule has 1 aromatic carbocycles. The molecule has 0 amide bonds. The summed E-state index contributed by atoms with van der Waals surface area (Å²) in [4.78, 5) is 20.0. The largest absolute Gasteiger partial charge is 0.422 e. The van der Waals surface area contributed by atoms with E-state index in [1.54, 1.807) is 6.20 Å². The number of benzene rings is 1. The third-order valence-corrected chi connectivity index (χ3v) is 4.48. The van der Waals surface area contributed by atoms with Gasteiger partial charge in [0.05, 0.1) is 11.3 Å². The fourth-order valence-corrected chi connectivity index (χ4v) is 3.05. The van der Waals surface area contributed by atoms with Gasteiger partial charge in [-0.2, -0.15) is 0 Å². The van der Waals surface area contributed by atoms with Gasteiger partial charge in [-0.25, -0.2) is 4.79 Å². The molecule has 5 heteroatoms. The highest BCUT2D eigenvalue weighted by Crippen LogP contribution is 2.25. The smallest absolute Gasteiger partial charge is 0.345 e. The number of aromatic nitrogens is 1. The van der Waals surface area contributed by atoms with E-state index in [1.807, 2.05) is 30.3 Å². The van der Waals surface area contributed by atoms with Gasteiger partial charge in [-0.15, -0.1) is 0 Å². The van der Waals surface area contributed by atoms with Crippen LogP contribution in [0.1, 0.15) is 0 Å². The zero-order valence-electron chi connectivity index (χ0n) is 13.1. The number of anilines is 1. The van der Waals surface area contributed by atoms with Crippen LogP contribution in [0.2, 0.25) is 0 Å². The maximum Gasteiger partial charge on any atom is 0.345 e. The fraction of sp³-hybridized carbons (Fsp3) is 0.278. The molecule has 1 saturated heterocycles. The molecule has 0 unspecified atom stereocenters. The molecule has 0 radical (unpaired) electrons. The highest BCUT2D eigenvalue weighted by Gasteiger charge is 2.15. The van der Waals surface area contributed by atoms with Gasteiger partial charge in [0.1, 0.15) is 5.58 Å². The Balaban J connectivity index is 1.73. The van der Waals surface area contributed by atoms with E-state index in [2.05, 4.69) is 27.9 Å². The lowest BCUT2D eigenvalue weighted by Crippen LogP contribution is -2.44. The van der Waals surface area contributed by atoms with Crippen LogP contribution in [0.4, 0.5) is 5.69 Å². The van der Waals surface area contributed by atoms with Gasteiger partial charge in [0.15, 0.2) is 0 Å². The minimum Gasteiger partial charge on any atom is -0.422 e. The molecule has 1 N–H and O–H groups in total. The summed E-state index contributed by atoms with van der Waals surface area (Å²) in [5.41, 5.74) is 2.79. The molecular formula is C18H19N3O2. The summed E-state index contributed by atoms with van der Waals surface area (Å²) in [6, 6.07) is 11.7. The van der Waals surface area contributed by atoms with Crippen molar-refractivity contribution >= 4 is 16.7 Å². The Morgan fingerprint density at radius 3 is 2.65 bits per heavy atom. The van der Waals surface area contributed by atoms with Crippen molar-refractivity contribution < 1.29 is 4.42 Å². The Morgan fingerprint density at radius 2 is 1.91 bits per heavy atom. The number of hydrogen-bond donors (Lipinski definition) is 1. The zero-order valence-corrected chi connectivity index (χ0v) is 13.1. The molecule has 5 nitrogen and oxygen atoms in total. The number of aromatic amines is 1. The van der Waals surface area contributed by atoms with Crippen LogP contribution < -0.4 is 10.5 Å². The molecule has 3 aromatic rings. The lowest BCUT2D eigenvalue weighted by molar-refractivity contribution is 0.313. The van der Waals surface area contributed by atoms with Crippen LogP contribution >= 0.6 is 0 Å². The van der Waals surface area contributed by atoms with Gasteiger partial charge < -0.3 is 19.2 Å². The van der Waals surface area contributed by atoms with Crippen LogP contribution in [0.25, 0.3) is 22.2 Å². The molecule has 1 aliphatic rings. The number of rotatable bonds is 2. The SMILES string of the molecule is CN1CCN(c2ccc3cc(-c4ccc[nH]4)c(=O)oc3c2)CC1. The first kappa shape index (κ1) is 14.1. The lowest BCUT2D eigenvalue weighted by Gasteiger charge is -2.34. The normalized spacial score (nSPS) is 16.1. The van der Waals surface area contributed by atoms with Gasteiger partial charge in [0.2, 0.25) is 0 Å². The van der Waals surface area contributed by atoms with Crippen molar-refractivity contribution in [1.29, 1.82) is 0 Å². The topological polar surface area (TPSA) is 52.5 Å². The van der Waals surface area contributed by atoms with Crippen LogP contribution in [0.15, 0.2) is 51.8 Å². The first-order chi connectivity index (χ1) is 11.2. The Bertz CT molecular complexity index is 875. The van der Waals surface area contributed by atoms with E-state index < -0.39 is 0 Å². The van der Waals surface area contributed by atoms with E-state index >= 15 is 0 Å². The standard InChI is InChI=1S/C18H19N3O2/c1-20-7-9-21(10-8-20)14-5-4-13-11-15(16-3-2-6-19-16)18(22)23-17(13)12-14/h2-6,11-12,19H,7-10H2,1H3. The molecule has 23 heavy (non-hydrogen) atoms. The Hall–Kier alpha value is -2.53. The average molecular weight is 309 g/mol. The molecule has 1 aliphatic heterocycles. The lowest BCUT2D eigenvalue weighted by atomic mass is 10.1.